The summed E-state index contributed by atoms with van der Waals surface area (Å²) in [5.41, 5.74) is 3.15. The fourth-order valence-electron chi connectivity index (χ4n) is 7.54. The first-order valence-corrected chi connectivity index (χ1v) is 14.8. The Balaban J connectivity index is 1.64. The molecule has 4 aromatic rings. The topological polar surface area (TPSA) is 52.6 Å². The number of benzene rings is 4. The Bertz CT molecular complexity index is 1490. The van der Waals surface area contributed by atoms with Crippen LogP contribution >= 0.6 is 0 Å². The van der Waals surface area contributed by atoms with E-state index in [0.29, 0.717) is 29.1 Å². The van der Waals surface area contributed by atoms with E-state index in [-0.39, 0.29) is 11.6 Å². The van der Waals surface area contributed by atoms with Gasteiger partial charge in [-0.2, -0.15) is 0 Å². The lowest BCUT2D eigenvalue weighted by molar-refractivity contribution is -0.114. The number of carbonyl (C=O) groups excluding carboxylic acids is 2. The van der Waals surface area contributed by atoms with Crippen LogP contribution in [0.1, 0.15) is 56.4 Å². The van der Waals surface area contributed by atoms with Crippen LogP contribution in [-0.4, -0.2) is 11.6 Å². The first-order chi connectivity index (χ1) is 20.8. The van der Waals surface area contributed by atoms with Crippen molar-refractivity contribution in [1.82, 2.24) is 0 Å². The molecule has 0 N–H and O–H groups in total. The monoisotopic (exact) mass is 568 g/mol. The predicted molar refractivity (Wildman–Crippen MR) is 168 cm³/mol. The molecule has 2 heterocycles. The lowest BCUT2D eigenvalue weighted by Gasteiger charge is -2.42. The fourth-order valence-corrected chi connectivity index (χ4v) is 7.54. The van der Waals surface area contributed by atoms with E-state index in [1.54, 1.807) is 13.8 Å². The third kappa shape index (κ3) is 4.53. The van der Waals surface area contributed by atoms with Gasteiger partial charge in [-0.25, -0.2) is 0 Å². The van der Waals surface area contributed by atoms with Gasteiger partial charge in [0.05, 0.1) is 0 Å². The quantitative estimate of drug-likeness (QED) is 0.215. The van der Waals surface area contributed by atoms with Crippen LogP contribution < -0.4 is 0 Å². The molecule has 4 heteroatoms. The Morgan fingerprint density at radius 3 is 1.00 bits per heavy atom. The van der Waals surface area contributed by atoms with Crippen molar-refractivity contribution in [1.29, 1.82) is 0 Å². The van der Waals surface area contributed by atoms with E-state index >= 15 is 0 Å². The molecule has 4 aromatic carbocycles. The van der Waals surface area contributed by atoms with Crippen LogP contribution in [0.4, 0.5) is 0 Å². The van der Waals surface area contributed by atoms with Crippen molar-refractivity contribution < 1.29 is 19.1 Å². The standard InChI is InChI=1S/C39H36O4/c1-26(40)36-28(3)42-38(30-17-9-5-10-18-30,31-19-11-6-12-20-31)34(36)25-35-37(27(2)41)29(4)43-39(35,32-21-13-7-14-22-32)33-23-15-8-16-24-33/h5-24,34-35H,25H2,1-4H3. The summed E-state index contributed by atoms with van der Waals surface area (Å²) >= 11 is 0. The minimum Gasteiger partial charge on any atom is -0.481 e. The summed E-state index contributed by atoms with van der Waals surface area (Å²) in [6.45, 7) is 7.00. The smallest absolute Gasteiger partial charge is 0.166 e. The van der Waals surface area contributed by atoms with Crippen molar-refractivity contribution in [3.05, 3.63) is 166 Å². The molecule has 2 unspecified atom stereocenters. The number of rotatable bonds is 8. The molecule has 0 radical (unpaired) electrons. The average Bonchev–Trinajstić information content (AvgIpc) is 3.50. The molecule has 0 aromatic heterocycles. The van der Waals surface area contributed by atoms with Gasteiger partial charge in [-0.05, 0) is 34.1 Å². The van der Waals surface area contributed by atoms with E-state index in [9.17, 15) is 9.59 Å². The SMILES string of the molecule is CC(=O)C1=C(C)OC(c2ccccc2)(c2ccccc2)C1CC1C(C(C)=O)=C(C)OC1(c1ccccc1)c1ccccc1. The summed E-state index contributed by atoms with van der Waals surface area (Å²) in [5.74, 6) is 0.333. The van der Waals surface area contributed by atoms with Crippen molar-refractivity contribution in [2.45, 2.75) is 45.3 Å². The number of ketones is 2. The molecule has 0 aliphatic carbocycles. The van der Waals surface area contributed by atoms with E-state index in [0.717, 1.165) is 22.3 Å². The second-order valence-corrected chi connectivity index (χ2v) is 11.5. The normalized spacial score (nSPS) is 20.5. The van der Waals surface area contributed by atoms with Gasteiger partial charge in [0.1, 0.15) is 11.5 Å². The average molecular weight is 569 g/mol. The Hall–Kier alpha value is -4.70. The van der Waals surface area contributed by atoms with Gasteiger partial charge in [0, 0.05) is 45.2 Å². The van der Waals surface area contributed by atoms with E-state index < -0.39 is 23.0 Å². The lowest BCUT2D eigenvalue weighted by Crippen LogP contribution is -2.42. The van der Waals surface area contributed by atoms with Crippen LogP contribution in [0.25, 0.3) is 0 Å². The van der Waals surface area contributed by atoms with Crippen LogP contribution in [0.2, 0.25) is 0 Å². The Morgan fingerprint density at radius 2 is 0.767 bits per heavy atom. The molecule has 6 rings (SSSR count). The zero-order valence-corrected chi connectivity index (χ0v) is 25.0. The largest absolute Gasteiger partial charge is 0.481 e. The zero-order valence-electron chi connectivity index (χ0n) is 25.0. The zero-order chi connectivity index (χ0) is 30.2. The highest BCUT2D eigenvalue weighted by Crippen LogP contribution is 2.59. The van der Waals surface area contributed by atoms with Crippen molar-refractivity contribution in [2.75, 3.05) is 0 Å². The molecule has 2 atom stereocenters. The molecule has 0 saturated carbocycles. The maximum absolute atomic E-state index is 13.5. The van der Waals surface area contributed by atoms with E-state index in [2.05, 4.69) is 48.5 Å². The van der Waals surface area contributed by atoms with Crippen molar-refractivity contribution in [3.8, 4) is 0 Å². The summed E-state index contributed by atoms with van der Waals surface area (Å²) in [7, 11) is 0. The van der Waals surface area contributed by atoms with Crippen LogP contribution in [0.3, 0.4) is 0 Å². The third-order valence-corrected chi connectivity index (χ3v) is 9.11. The number of hydrogen-bond donors (Lipinski definition) is 0. The minimum absolute atomic E-state index is 0.0368. The second kappa shape index (κ2) is 11.2. The molecular weight excluding hydrogens is 532 g/mol. The van der Waals surface area contributed by atoms with Gasteiger partial charge in [-0.15, -0.1) is 0 Å². The second-order valence-electron chi connectivity index (χ2n) is 11.5. The molecule has 2 aliphatic rings. The first kappa shape index (κ1) is 28.4. The lowest BCUT2D eigenvalue weighted by atomic mass is 9.64. The highest BCUT2D eigenvalue weighted by atomic mass is 16.5. The molecule has 0 bridgehead atoms. The number of allylic oxidation sites excluding steroid dienone is 2. The van der Waals surface area contributed by atoms with Gasteiger partial charge in [0.15, 0.2) is 22.8 Å². The summed E-state index contributed by atoms with van der Waals surface area (Å²) in [4.78, 5) is 27.0. The van der Waals surface area contributed by atoms with Crippen molar-refractivity contribution >= 4 is 11.6 Å². The number of Topliss-reactive ketones (excluding diaryl/α,β-unsaturated/α-hetero) is 2. The minimum atomic E-state index is -0.981. The third-order valence-electron chi connectivity index (χ3n) is 9.11. The van der Waals surface area contributed by atoms with E-state index in [1.807, 2.05) is 86.6 Å². The fraction of sp³-hybridized carbons (Fsp3) is 0.231. The molecule has 2 aliphatic heterocycles. The molecule has 43 heavy (non-hydrogen) atoms. The number of carbonyl (C=O) groups is 2. The number of hydrogen-bond acceptors (Lipinski definition) is 4. The maximum atomic E-state index is 13.5. The van der Waals surface area contributed by atoms with Crippen molar-refractivity contribution in [2.24, 2.45) is 11.8 Å². The van der Waals surface area contributed by atoms with E-state index in [1.165, 1.54) is 0 Å². The summed E-state index contributed by atoms with van der Waals surface area (Å²) in [6, 6.07) is 40.5. The molecule has 216 valence electrons. The first-order valence-electron chi connectivity index (χ1n) is 14.8. The molecule has 4 nitrogen and oxygen atoms in total. The van der Waals surface area contributed by atoms with Gasteiger partial charge in [0.25, 0.3) is 0 Å². The van der Waals surface area contributed by atoms with E-state index in [4.69, 9.17) is 9.47 Å². The summed E-state index contributed by atoms with van der Waals surface area (Å²) < 4.78 is 13.9. The van der Waals surface area contributed by atoms with Crippen LogP contribution in [0, 0.1) is 11.8 Å². The predicted octanol–water partition coefficient (Wildman–Crippen LogP) is 8.28. The van der Waals surface area contributed by atoms with Crippen LogP contribution in [0.15, 0.2) is 144 Å². The van der Waals surface area contributed by atoms with Crippen LogP contribution in [-0.2, 0) is 30.3 Å². The summed E-state index contributed by atoms with van der Waals surface area (Å²) in [5, 5.41) is 0. The number of ether oxygens (including phenoxy) is 2. The summed E-state index contributed by atoms with van der Waals surface area (Å²) in [6.07, 6.45) is 0.437. The highest BCUT2D eigenvalue weighted by Gasteiger charge is 2.59. The Morgan fingerprint density at radius 1 is 0.512 bits per heavy atom. The van der Waals surface area contributed by atoms with Gasteiger partial charge in [-0.1, -0.05) is 121 Å². The molecule has 0 fully saturated rings. The van der Waals surface area contributed by atoms with Crippen molar-refractivity contribution in [3.63, 3.8) is 0 Å². The van der Waals surface area contributed by atoms with Gasteiger partial charge >= 0.3 is 0 Å². The molecule has 0 amide bonds. The van der Waals surface area contributed by atoms with Crippen LogP contribution in [0.5, 0.6) is 0 Å². The molecule has 0 spiro atoms. The Kier molecular flexibility index (Phi) is 7.39. The van der Waals surface area contributed by atoms with Gasteiger partial charge < -0.3 is 9.47 Å². The maximum Gasteiger partial charge on any atom is 0.166 e. The molecular formula is C39H36O4. The Labute approximate surface area is 253 Å². The highest BCUT2D eigenvalue weighted by molar-refractivity contribution is 5.96. The van der Waals surface area contributed by atoms with Gasteiger partial charge in [-0.3, -0.25) is 9.59 Å². The molecule has 0 saturated heterocycles. The van der Waals surface area contributed by atoms with Gasteiger partial charge in [0.2, 0.25) is 0 Å².